The van der Waals surface area contributed by atoms with Gasteiger partial charge in [0.15, 0.2) is 0 Å². The van der Waals surface area contributed by atoms with Crippen molar-refractivity contribution in [2.45, 2.75) is 6.42 Å². The number of hydrogen-bond donors (Lipinski definition) is 1. The molecule has 0 amide bonds. The molecule has 0 radical (unpaired) electrons. The lowest BCUT2D eigenvalue weighted by molar-refractivity contribution is 1.01. The minimum absolute atomic E-state index is 0.758. The SMILES string of the molecule is Clc1ccccc1NCCc1cccnc1. The van der Waals surface area contributed by atoms with Gasteiger partial charge in [-0.1, -0.05) is 29.8 Å². The Bertz CT molecular complexity index is 443. The predicted octanol–water partition coefficient (Wildman–Crippen LogP) is 3.39. The lowest BCUT2D eigenvalue weighted by Crippen LogP contribution is -2.05. The fraction of sp³-hybridized carbons (Fsp3) is 0.154. The average molecular weight is 233 g/mol. The summed E-state index contributed by atoms with van der Waals surface area (Å²) in [6.45, 7) is 0.857. The summed E-state index contributed by atoms with van der Waals surface area (Å²) in [5, 5.41) is 4.06. The molecule has 0 aliphatic heterocycles. The molecule has 0 bridgehead atoms. The maximum absolute atomic E-state index is 6.03. The highest BCUT2D eigenvalue weighted by Crippen LogP contribution is 2.20. The number of aromatic nitrogens is 1. The van der Waals surface area contributed by atoms with Gasteiger partial charge in [0, 0.05) is 18.9 Å². The zero-order valence-electron chi connectivity index (χ0n) is 8.86. The highest BCUT2D eigenvalue weighted by atomic mass is 35.5. The number of hydrogen-bond acceptors (Lipinski definition) is 2. The molecule has 0 atom stereocenters. The van der Waals surface area contributed by atoms with Crippen molar-refractivity contribution in [2.24, 2.45) is 0 Å². The first kappa shape index (κ1) is 11.0. The molecule has 0 saturated carbocycles. The van der Waals surface area contributed by atoms with E-state index in [1.165, 1.54) is 5.56 Å². The van der Waals surface area contributed by atoms with Crippen LogP contribution in [0.5, 0.6) is 0 Å². The second-order valence-corrected chi connectivity index (χ2v) is 3.93. The maximum Gasteiger partial charge on any atom is 0.0637 e. The van der Waals surface area contributed by atoms with Gasteiger partial charge >= 0.3 is 0 Å². The molecule has 82 valence electrons. The monoisotopic (exact) mass is 232 g/mol. The topological polar surface area (TPSA) is 24.9 Å². The van der Waals surface area contributed by atoms with Crippen molar-refractivity contribution in [3.05, 3.63) is 59.4 Å². The largest absolute Gasteiger partial charge is 0.384 e. The molecule has 1 N–H and O–H groups in total. The molecule has 2 aromatic rings. The quantitative estimate of drug-likeness (QED) is 0.874. The molecule has 1 heterocycles. The van der Waals surface area contributed by atoms with Crippen LogP contribution in [0.4, 0.5) is 5.69 Å². The van der Waals surface area contributed by atoms with Crippen molar-refractivity contribution in [3.8, 4) is 0 Å². The molecule has 16 heavy (non-hydrogen) atoms. The van der Waals surface area contributed by atoms with Gasteiger partial charge in [0.25, 0.3) is 0 Å². The Morgan fingerprint density at radius 3 is 2.75 bits per heavy atom. The van der Waals surface area contributed by atoms with E-state index in [4.69, 9.17) is 11.6 Å². The smallest absolute Gasteiger partial charge is 0.0637 e. The normalized spacial score (nSPS) is 10.1. The summed E-state index contributed by atoms with van der Waals surface area (Å²) >= 11 is 6.03. The van der Waals surface area contributed by atoms with Gasteiger partial charge in [0.2, 0.25) is 0 Å². The minimum atomic E-state index is 0.758. The van der Waals surface area contributed by atoms with Crippen LogP contribution in [-0.2, 0) is 6.42 Å². The van der Waals surface area contributed by atoms with Crippen LogP contribution in [0.3, 0.4) is 0 Å². The third-order valence-electron chi connectivity index (χ3n) is 2.33. The highest BCUT2D eigenvalue weighted by Gasteiger charge is 1.97. The summed E-state index contributed by atoms with van der Waals surface area (Å²) in [4.78, 5) is 4.07. The van der Waals surface area contributed by atoms with E-state index >= 15 is 0 Å². The van der Waals surface area contributed by atoms with Crippen molar-refractivity contribution in [1.82, 2.24) is 4.98 Å². The molecule has 2 rings (SSSR count). The van der Waals surface area contributed by atoms with E-state index in [2.05, 4.69) is 16.4 Å². The number of halogens is 1. The molecule has 0 fully saturated rings. The fourth-order valence-corrected chi connectivity index (χ4v) is 1.69. The third kappa shape index (κ3) is 2.97. The Morgan fingerprint density at radius 1 is 1.12 bits per heavy atom. The van der Waals surface area contributed by atoms with Gasteiger partial charge in [-0.3, -0.25) is 4.98 Å². The van der Waals surface area contributed by atoms with E-state index in [1.54, 1.807) is 6.20 Å². The number of pyridine rings is 1. The summed E-state index contributed by atoms with van der Waals surface area (Å²) in [5.74, 6) is 0. The van der Waals surface area contributed by atoms with Gasteiger partial charge in [0.1, 0.15) is 0 Å². The van der Waals surface area contributed by atoms with Crippen molar-refractivity contribution in [3.63, 3.8) is 0 Å². The molecule has 0 aliphatic rings. The van der Waals surface area contributed by atoms with Gasteiger partial charge in [-0.2, -0.15) is 0 Å². The molecule has 0 saturated heterocycles. The molecule has 0 spiro atoms. The number of para-hydroxylation sites is 1. The van der Waals surface area contributed by atoms with Crippen LogP contribution in [0.15, 0.2) is 48.8 Å². The Hall–Kier alpha value is -1.54. The van der Waals surface area contributed by atoms with Crippen LogP contribution in [0.1, 0.15) is 5.56 Å². The number of rotatable bonds is 4. The van der Waals surface area contributed by atoms with Gasteiger partial charge < -0.3 is 5.32 Å². The molecule has 0 unspecified atom stereocenters. The highest BCUT2D eigenvalue weighted by molar-refractivity contribution is 6.33. The fourth-order valence-electron chi connectivity index (χ4n) is 1.49. The zero-order chi connectivity index (χ0) is 11.2. The lowest BCUT2D eigenvalue weighted by atomic mass is 10.2. The summed E-state index contributed by atoms with van der Waals surface area (Å²) in [6.07, 6.45) is 4.61. The Kier molecular flexibility index (Phi) is 3.78. The Balaban J connectivity index is 1.87. The standard InChI is InChI=1S/C13H13ClN2/c14-12-5-1-2-6-13(12)16-9-7-11-4-3-8-15-10-11/h1-6,8,10,16H,7,9H2. The second kappa shape index (κ2) is 5.52. The van der Waals surface area contributed by atoms with Gasteiger partial charge in [0.05, 0.1) is 10.7 Å². The first-order valence-electron chi connectivity index (χ1n) is 5.23. The summed E-state index contributed by atoms with van der Waals surface area (Å²) in [6, 6.07) is 11.8. The van der Waals surface area contributed by atoms with Crippen LogP contribution < -0.4 is 5.32 Å². The van der Waals surface area contributed by atoms with Crippen LogP contribution >= 0.6 is 11.6 Å². The van der Waals surface area contributed by atoms with Crippen LogP contribution in [-0.4, -0.2) is 11.5 Å². The van der Waals surface area contributed by atoms with Crippen molar-refractivity contribution >= 4 is 17.3 Å². The van der Waals surface area contributed by atoms with Crippen LogP contribution in [0.2, 0.25) is 5.02 Å². The van der Waals surface area contributed by atoms with Crippen molar-refractivity contribution < 1.29 is 0 Å². The lowest BCUT2D eigenvalue weighted by Gasteiger charge is -2.07. The molecular formula is C13H13ClN2. The van der Waals surface area contributed by atoms with Gasteiger partial charge in [-0.05, 0) is 30.2 Å². The first-order valence-corrected chi connectivity index (χ1v) is 5.61. The first-order chi connectivity index (χ1) is 7.86. The van der Waals surface area contributed by atoms with E-state index in [9.17, 15) is 0 Å². The number of anilines is 1. The van der Waals surface area contributed by atoms with Crippen molar-refractivity contribution in [2.75, 3.05) is 11.9 Å². The molecule has 3 heteroatoms. The van der Waals surface area contributed by atoms with Crippen LogP contribution in [0, 0.1) is 0 Å². The molecule has 2 nitrogen and oxygen atoms in total. The zero-order valence-corrected chi connectivity index (χ0v) is 9.61. The number of nitrogens with one attached hydrogen (secondary N) is 1. The van der Waals surface area contributed by atoms with E-state index in [1.807, 2.05) is 36.5 Å². The van der Waals surface area contributed by atoms with E-state index in [0.29, 0.717) is 0 Å². The summed E-state index contributed by atoms with van der Waals surface area (Å²) in [7, 11) is 0. The van der Waals surface area contributed by atoms with Gasteiger partial charge in [-0.25, -0.2) is 0 Å². The third-order valence-corrected chi connectivity index (χ3v) is 2.66. The minimum Gasteiger partial charge on any atom is -0.384 e. The van der Waals surface area contributed by atoms with Crippen molar-refractivity contribution in [1.29, 1.82) is 0 Å². The number of benzene rings is 1. The van der Waals surface area contributed by atoms with E-state index < -0.39 is 0 Å². The summed E-state index contributed by atoms with van der Waals surface area (Å²) < 4.78 is 0. The number of nitrogens with zero attached hydrogens (tertiary/aromatic N) is 1. The molecule has 1 aromatic heterocycles. The van der Waals surface area contributed by atoms with Gasteiger partial charge in [-0.15, -0.1) is 0 Å². The molecule has 1 aromatic carbocycles. The second-order valence-electron chi connectivity index (χ2n) is 3.52. The average Bonchev–Trinajstić information content (AvgIpc) is 2.33. The van der Waals surface area contributed by atoms with E-state index in [0.717, 1.165) is 23.7 Å². The molecular weight excluding hydrogens is 220 g/mol. The Labute approximate surface area is 100 Å². The molecule has 0 aliphatic carbocycles. The summed E-state index contributed by atoms with van der Waals surface area (Å²) in [5.41, 5.74) is 2.20. The van der Waals surface area contributed by atoms with E-state index in [-0.39, 0.29) is 0 Å². The predicted molar refractivity (Wildman–Crippen MR) is 67.9 cm³/mol. The maximum atomic E-state index is 6.03. The van der Waals surface area contributed by atoms with Crippen LogP contribution in [0.25, 0.3) is 0 Å². The Morgan fingerprint density at radius 2 is 2.00 bits per heavy atom.